The van der Waals surface area contributed by atoms with Gasteiger partial charge in [0.05, 0.1) is 13.7 Å². The van der Waals surface area contributed by atoms with Crippen molar-refractivity contribution in [3.8, 4) is 0 Å². The molecule has 0 spiro atoms. The van der Waals surface area contributed by atoms with E-state index in [0.29, 0.717) is 13.1 Å². The maximum atomic E-state index is 11.2. The van der Waals surface area contributed by atoms with Crippen LogP contribution in [0.1, 0.15) is 13.3 Å². The number of amides is 1. The zero-order chi connectivity index (χ0) is 12.6. The van der Waals surface area contributed by atoms with E-state index in [2.05, 4.69) is 26.0 Å². The summed E-state index contributed by atoms with van der Waals surface area (Å²) in [4.78, 5) is 24.0. The van der Waals surface area contributed by atoms with Crippen molar-refractivity contribution in [1.29, 1.82) is 0 Å². The Hall–Kier alpha value is -0.620. The number of esters is 1. The predicted molar refractivity (Wildman–Crippen MR) is 65.5 cm³/mol. The normalized spacial score (nSPS) is 12.3. The number of carbonyl (C=O) groups is 2. The van der Waals surface area contributed by atoms with E-state index in [-0.39, 0.29) is 11.9 Å². The number of nitrogens with zero attached hydrogens (tertiary/aromatic N) is 1. The van der Waals surface area contributed by atoms with Gasteiger partial charge < -0.3 is 10.1 Å². The molecule has 1 atom stereocenters. The van der Waals surface area contributed by atoms with Crippen molar-refractivity contribution in [2.24, 2.45) is 0 Å². The van der Waals surface area contributed by atoms with Crippen molar-refractivity contribution in [3.05, 3.63) is 0 Å². The first-order chi connectivity index (χ1) is 7.54. The van der Waals surface area contributed by atoms with Gasteiger partial charge in [0.1, 0.15) is 4.83 Å². The van der Waals surface area contributed by atoms with Crippen LogP contribution in [-0.4, -0.2) is 55.4 Å². The maximum absolute atomic E-state index is 11.2. The molecular weight excluding hydrogens is 276 g/mol. The topological polar surface area (TPSA) is 58.6 Å². The van der Waals surface area contributed by atoms with E-state index < -0.39 is 4.83 Å². The molecule has 5 nitrogen and oxygen atoms in total. The van der Waals surface area contributed by atoms with Crippen molar-refractivity contribution in [1.82, 2.24) is 10.2 Å². The molecule has 6 heteroatoms. The summed E-state index contributed by atoms with van der Waals surface area (Å²) in [7, 11) is 2.94. The lowest BCUT2D eigenvalue weighted by Crippen LogP contribution is -2.41. The van der Waals surface area contributed by atoms with Crippen LogP contribution in [-0.2, 0) is 14.3 Å². The third-order valence-electron chi connectivity index (χ3n) is 2.06. The number of hydrogen-bond donors (Lipinski definition) is 1. The van der Waals surface area contributed by atoms with Crippen LogP contribution in [0.15, 0.2) is 0 Å². The van der Waals surface area contributed by atoms with Crippen molar-refractivity contribution in [3.63, 3.8) is 0 Å². The molecule has 16 heavy (non-hydrogen) atoms. The number of likely N-dealkylation sites (N-methyl/N-ethyl adjacent to an activating group) is 1. The van der Waals surface area contributed by atoms with Crippen LogP contribution in [0.3, 0.4) is 0 Å². The summed E-state index contributed by atoms with van der Waals surface area (Å²) < 4.78 is 4.61. The minimum absolute atomic E-state index is 0.0574. The molecule has 1 amide bonds. The van der Waals surface area contributed by atoms with E-state index in [9.17, 15) is 9.59 Å². The molecule has 0 saturated heterocycles. The molecule has 0 saturated carbocycles. The van der Waals surface area contributed by atoms with Gasteiger partial charge in [-0.1, -0.05) is 22.9 Å². The second kappa shape index (κ2) is 8.52. The number of ether oxygens (including phenoxy) is 1. The van der Waals surface area contributed by atoms with Gasteiger partial charge in [-0.15, -0.1) is 0 Å². The number of methoxy groups -OCH3 is 1. The Balaban J connectivity index is 4.21. The largest absolute Gasteiger partial charge is 0.468 e. The van der Waals surface area contributed by atoms with Gasteiger partial charge in [0.15, 0.2) is 0 Å². The van der Waals surface area contributed by atoms with Crippen molar-refractivity contribution in [2.75, 3.05) is 33.8 Å². The lowest BCUT2D eigenvalue weighted by Gasteiger charge is -2.22. The summed E-state index contributed by atoms with van der Waals surface area (Å²) in [5, 5.41) is 2.56. The molecule has 0 aliphatic heterocycles. The SMILES string of the molecule is CCCN(CC(=O)NC)CC(Br)C(=O)OC. The van der Waals surface area contributed by atoms with E-state index in [1.807, 2.05) is 11.8 Å². The number of rotatable bonds is 7. The van der Waals surface area contributed by atoms with Gasteiger partial charge in [-0.3, -0.25) is 14.5 Å². The molecule has 0 aromatic carbocycles. The van der Waals surface area contributed by atoms with Gasteiger partial charge in [-0.2, -0.15) is 0 Å². The highest BCUT2D eigenvalue weighted by Gasteiger charge is 2.20. The summed E-state index contributed by atoms with van der Waals surface area (Å²) in [6.45, 7) is 3.56. The van der Waals surface area contributed by atoms with E-state index in [0.717, 1.165) is 13.0 Å². The van der Waals surface area contributed by atoms with Gasteiger partial charge in [-0.25, -0.2) is 0 Å². The Morgan fingerprint density at radius 1 is 1.50 bits per heavy atom. The minimum atomic E-state index is -0.395. The first kappa shape index (κ1) is 15.4. The predicted octanol–water partition coefficient (Wildman–Crippen LogP) is 0.381. The average Bonchev–Trinajstić information content (AvgIpc) is 2.27. The van der Waals surface area contributed by atoms with Crippen molar-refractivity contribution >= 4 is 27.8 Å². The van der Waals surface area contributed by atoms with Crippen LogP contribution in [0.2, 0.25) is 0 Å². The molecule has 1 N–H and O–H groups in total. The Kier molecular flexibility index (Phi) is 8.19. The van der Waals surface area contributed by atoms with Crippen LogP contribution in [0.25, 0.3) is 0 Å². The fraction of sp³-hybridized carbons (Fsp3) is 0.800. The lowest BCUT2D eigenvalue weighted by molar-refractivity contribution is -0.140. The Labute approximate surface area is 105 Å². The van der Waals surface area contributed by atoms with Gasteiger partial charge in [0, 0.05) is 13.6 Å². The van der Waals surface area contributed by atoms with Gasteiger partial charge in [0.2, 0.25) is 5.91 Å². The highest BCUT2D eigenvalue weighted by Crippen LogP contribution is 2.05. The van der Waals surface area contributed by atoms with E-state index in [4.69, 9.17) is 0 Å². The van der Waals surface area contributed by atoms with E-state index in [1.165, 1.54) is 7.11 Å². The van der Waals surface area contributed by atoms with E-state index in [1.54, 1.807) is 7.05 Å². The lowest BCUT2D eigenvalue weighted by atomic mass is 10.3. The third kappa shape index (κ3) is 6.07. The van der Waals surface area contributed by atoms with Gasteiger partial charge >= 0.3 is 5.97 Å². The molecule has 0 bridgehead atoms. The number of carbonyl (C=O) groups excluding carboxylic acids is 2. The first-order valence-electron chi connectivity index (χ1n) is 5.20. The molecule has 0 aliphatic rings. The Bertz CT molecular complexity index is 236. The molecule has 0 fully saturated rings. The quantitative estimate of drug-likeness (QED) is 0.545. The second-order valence-electron chi connectivity index (χ2n) is 3.40. The summed E-state index contributed by atoms with van der Waals surface area (Å²) in [6.07, 6.45) is 0.928. The zero-order valence-electron chi connectivity index (χ0n) is 9.96. The minimum Gasteiger partial charge on any atom is -0.468 e. The molecule has 0 aliphatic carbocycles. The molecule has 94 valence electrons. The van der Waals surface area contributed by atoms with Gasteiger partial charge in [-0.05, 0) is 13.0 Å². The van der Waals surface area contributed by atoms with Gasteiger partial charge in [0.25, 0.3) is 0 Å². The fourth-order valence-electron chi connectivity index (χ4n) is 1.26. The molecule has 0 heterocycles. The molecule has 0 aromatic rings. The smallest absolute Gasteiger partial charge is 0.320 e. The van der Waals surface area contributed by atoms with Crippen molar-refractivity contribution in [2.45, 2.75) is 18.2 Å². The Morgan fingerprint density at radius 3 is 2.56 bits per heavy atom. The molecule has 0 rings (SSSR count). The highest BCUT2D eigenvalue weighted by molar-refractivity contribution is 9.10. The monoisotopic (exact) mass is 294 g/mol. The molecule has 1 unspecified atom stereocenters. The second-order valence-corrected chi connectivity index (χ2v) is 4.50. The standard InChI is InChI=1S/C10H19BrN2O3/c1-4-5-13(7-9(14)12-2)6-8(11)10(15)16-3/h8H,4-7H2,1-3H3,(H,12,14). The summed E-state index contributed by atoms with van der Waals surface area (Å²) in [5.41, 5.74) is 0. The zero-order valence-corrected chi connectivity index (χ0v) is 11.5. The average molecular weight is 295 g/mol. The molecular formula is C10H19BrN2O3. The molecule has 0 aromatic heterocycles. The highest BCUT2D eigenvalue weighted by atomic mass is 79.9. The number of nitrogens with one attached hydrogen (secondary N) is 1. The number of alkyl halides is 1. The van der Waals surface area contributed by atoms with Crippen molar-refractivity contribution < 1.29 is 14.3 Å². The van der Waals surface area contributed by atoms with Crippen LogP contribution < -0.4 is 5.32 Å². The third-order valence-corrected chi connectivity index (χ3v) is 2.72. The number of hydrogen-bond acceptors (Lipinski definition) is 4. The summed E-state index contributed by atoms with van der Waals surface area (Å²) in [5.74, 6) is -0.379. The van der Waals surface area contributed by atoms with E-state index >= 15 is 0 Å². The van der Waals surface area contributed by atoms with Crippen LogP contribution in [0.5, 0.6) is 0 Å². The molecule has 0 radical (unpaired) electrons. The van der Waals surface area contributed by atoms with Crippen LogP contribution in [0.4, 0.5) is 0 Å². The summed E-state index contributed by atoms with van der Waals surface area (Å²) >= 11 is 3.24. The van der Waals surface area contributed by atoms with Crippen LogP contribution in [0, 0.1) is 0 Å². The first-order valence-corrected chi connectivity index (χ1v) is 6.11. The Morgan fingerprint density at radius 2 is 2.12 bits per heavy atom. The van der Waals surface area contributed by atoms with Crippen LogP contribution >= 0.6 is 15.9 Å². The summed E-state index contributed by atoms with van der Waals surface area (Å²) in [6, 6.07) is 0. The maximum Gasteiger partial charge on any atom is 0.320 e. The fourth-order valence-corrected chi connectivity index (χ4v) is 1.86. The number of halogens is 1.